The molecule has 19 heavy (non-hydrogen) atoms. The summed E-state index contributed by atoms with van der Waals surface area (Å²) in [4.78, 5) is 4.15. The number of rotatable bonds is 3. The Balaban J connectivity index is 2.33. The van der Waals surface area contributed by atoms with Crippen molar-refractivity contribution in [2.75, 3.05) is 12.8 Å². The zero-order chi connectivity index (χ0) is 13.9. The second-order valence-corrected chi connectivity index (χ2v) is 5.57. The number of anilines is 1. The lowest BCUT2D eigenvalue weighted by Gasteiger charge is -2.36. The smallest absolute Gasteiger partial charge is 0.129 e. The summed E-state index contributed by atoms with van der Waals surface area (Å²) in [5.41, 5.74) is 7.11. The van der Waals surface area contributed by atoms with Gasteiger partial charge in [-0.3, -0.25) is 0 Å². The molecule has 0 bridgehead atoms. The maximum Gasteiger partial charge on any atom is 0.129 e. The number of aliphatic hydroxyl groups excluding tert-OH is 1. The predicted octanol–water partition coefficient (Wildman–Crippen LogP) is 2.75. The van der Waals surface area contributed by atoms with Gasteiger partial charge in [-0.25, -0.2) is 4.98 Å². The Morgan fingerprint density at radius 2 is 1.95 bits per heavy atom. The van der Waals surface area contributed by atoms with Crippen molar-refractivity contribution in [3.8, 4) is 0 Å². The van der Waals surface area contributed by atoms with E-state index in [4.69, 9.17) is 10.5 Å². The van der Waals surface area contributed by atoms with Gasteiger partial charge < -0.3 is 15.6 Å². The Kier molecular flexibility index (Phi) is 4.42. The number of nitrogens with zero attached hydrogens (tertiary/aromatic N) is 1. The number of aromatic nitrogens is 1. The molecule has 0 spiro atoms. The van der Waals surface area contributed by atoms with E-state index in [1.54, 1.807) is 13.3 Å². The molecule has 3 N–H and O–H groups in total. The lowest BCUT2D eigenvalue weighted by Crippen LogP contribution is -2.38. The molecule has 1 aliphatic carbocycles. The van der Waals surface area contributed by atoms with Crippen molar-refractivity contribution in [3.05, 3.63) is 23.4 Å². The number of aliphatic hydroxyl groups is 1. The highest BCUT2D eigenvalue weighted by Gasteiger charge is 2.40. The minimum absolute atomic E-state index is 0.402. The Morgan fingerprint density at radius 3 is 2.53 bits per heavy atom. The minimum Gasteiger partial charge on any atom is -0.385 e. The number of pyridine rings is 1. The SMILES string of the molecule is COC1(C(O)c2cc(C)cnc2N)CCCCCC1. The molecule has 1 heterocycles. The summed E-state index contributed by atoms with van der Waals surface area (Å²) in [6.07, 6.45) is 7.35. The molecule has 1 aromatic heterocycles. The van der Waals surface area contributed by atoms with Crippen LogP contribution >= 0.6 is 0 Å². The number of nitrogen functional groups attached to an aromatic ring is 1. The summed E-state index contributed by atoms with van der Waals surface area (Å²) in [6, 6.07) is 1.92. The molecule has 0 aliphatic heterocycles. The Hall–Kier alpha value is -1.13. The van der Waals surface area contributed by atoms with Gasteiger partial charge in [0.1, 0.15) is 11.9 Å². The average Bonchev–Trinajstić information content (AvgIpc) is 2.67. The number of hydrogen-bond donors (Lipinski definition) is 2. The van der Waals surface area contributed by atoms with Crippen molar-refractivity contribution in [2.24, 2.45) is 0 Å². The van der Waals surface area contributed by atoms with Crippen molar-refractivity contribution in [3.63, 3.8) is 0 Å². The highest BCUT2D eigenvalue weighted by molar-refractivity contribution is 5.43. The maximum atomic E-state index is 10.8. The molecule has 1 aliphatic rings. The highest BCUT2D eigenvalue weighted by Crippen LogP contribution is 2.41. The second kappa shape index (κ2) is 5.88. The molecule has 4 nitrogen and oxygen atoms in total. The first-order chi connectivity index (χ1) is 9.09. The molecule has 1 aromatic rings. The second-order valence-electron chi connectivity index (χ2n) is 5.57. The molecule has 1 saturated carbocycles. The molecule has 4 heteroatoms. The molecule has 1 unspecified atom stereocenters. The number of methoxy groups -OCH3 is 1. The van der Waals surface area contributed by atoms with Crippen molar-refractivity contribution in [1.29, 1.82) is 0 Å². The van der Waals surface area contributed by atoms with E-state index in [9.17, 15) is 5.11 Å². The van der Waals surface area contributed by atoms with Crippen LogP contribution in [-0.2, 0) is 4.74 Å². The van der Waals surface area contributed by atoms with Crippen molar-refractivity contribution >= 4 is 5.82 Å². The van der Waals surface area contributed by atoms with Gasteiger partial charge in [-0.15, -0.1) is 0 Å². The van der Waals surface area contributed by atoms with Gasteiger partial charge >= 0.3 is 0 Å². The number of aryl methyl sites for hydroxylation is 1. The average molecular weight is 264 g/mol. The fourth-order valence-corrected chi connectivity index (χ4v) is 3.02. The molecule has 0 saturated heterocycles. The van der Waals surface area contributed by atoms with E-state index in [2.05, 4.69) is 4.98 Å². The monoisotopic (exact) mass is 264 g/mol. The lowest BCUT2D eigenvalue weighted by atomic mass is 9.84. The van der Waals surface area contributed by atoms with Gasteiger partial charge in [-0.05, 0) is 31.4 Å². The summed E-state index contributed by atoms with van der Waals surface area (Å²) >= 11 is 0. The zero-order valence-electron chi connectivity index (χ0n) is 11.9. The number of nitrogens with two attached hydrogens (primary N) is 1. The predicted molar refractivity (Wildman–Crippen MR) is 75.8 cm³/mol. The van der Waals surface area contributed by atoms with Gasteiger partial charge in [-0.1, -0.05) is 25.7 Å². The lowest BCUT2D eigenvalue weighted by molar-refractivity contribution is -0.114. The summed E-state index contributed by atoms with van der Waals surface area (Å²) in [5, 5.41) is 10.8. The molecule has 106 valence electrons. The van der Waals surface area contributed by atoms with E-state index in [0.717, 1.165) is 31.2 Å². The first-order valence-corrected chi connectivity index (χ1v) is 7.04. The van der Waals surface area contributed by atoms with Crippen molar-refractivity contribution in [1.82, 2.24) is 4.98 Å². The van der Waals surface area contributed by atoms with Gasteiger partial charge in [0.25, 0.3) is 0 Å². The normalized spacial score (nSPS) is 20.8. The van der Waals surface area contributed by atoms with Crippen LogP contribution in [0.3, 0.4) is 0 Å². The van der Waals surface area contributed by atoms with E-state index in [-0.39, 0.29) is 0 Å². The van der Waals surface area contributed by atoms with Gasteiger partial charge in [0, 0.05) is 18.9 Å². The van der Waals surface area contributed by atoms with Crippen molar-refractivity contribution in [2.45, 2.75) is 57.2 Å². The first kappa shape index (κ1) is 14.3. The van der Waals surface area contributed by atoms with Gasteiger partial charge in [0.05, 0.1) is 5.60 Å². The Bertz CT molecular complexity index is 426. The molecule has 0 aromatic carbocycles. The molecule has 0 amide bonds. The summed E-state index contributed by atoms with van der Waals surface area (Å²) in [6.45, 7) is 1.95. The van der Waals surface area contributed by atoms with Crippen LogP contribution in [0.15, 0.2) is 12.3 Å². The number of ether oxygens (including phenoxy) is 1. The van der Waals surface area contributed by atoms with Crippen molar-refractivity contribution < 1.29 is 9.84 Å². The molecular weight excluding hydrogens is 240 g/mol. The Labute approximate surface area is 115 Å². The van der Waals surface area contributed by atoms with E-state index < -0.39 is 11.7 Å². The van der Waals surface area contributed by atoms with Gasteiger partial charge in [0.2, 0.25) is 0 Å². The topological polar surface area (TPSA) is 68.4 Å². The van der Waals surface area contributed by atoms with Crippen LogP contribution in [0.2, 0.25) is 0 Å². The number of hydrogen-bond acceptors (Lipinski definition) is 4. The standard InChI is InChI=1S/C15H24N2O2/c1-11-9-12(14(16)17-10-11)13(18)15(19-2)7-5-3-4-6-8-15/h9-10,13,18H,3-8H2,1-2H3,(H2,16,17). The van der Waals surface area contributed by atoms with E-state index in [1.165, 1.54) is 12.8 Å². The highest BCUT2D eigenvalue weighted by atomic mass is 16.5. The third-order valence-electron chi connectivity index (χ3n) is 4.24. The van der Waals surface area contributed by atoms with Crippen LogP contribution in [0, 0.1) is 6.92 Å². The van der Waals surface area contributed by atoms with Crippen LogP contribution in [0.4, 0.5) is 5.82 Å². The maximum absolute atomic E-state index is 10.8. The van der Waals surface area contributed by atoms with Crippen LogP contribution in [-0.4, -0.2) is 22.8 Å². The Morgan fingerprint density at radius 1 is 1.32 bits per heavy atom. The van der Waals surface area contributed by atoms with Crippen LogP contribution < -0.4 is 5.73 Å². The largest absolute Gasteiger partial charge is 0.385 e. The van der Waals surface area contributed by atoms with E-state index >= 15 is 0 Å². The molecule has 0 radical (unpaired) electrons. The molecule has 1 atom stereocenters. The first-order valence-electron chi connectivity index (χ1n) is 7.04. The summed E-state index contributed by atoms with van der Waals surface area (Å²) in [7, 11) is 1.69. The molecule has 1 fully saturated rings. The fraction of sp³-hybridized carbons (Fsp3) is 0.667. The molecule has 2 rings (SSSR count). The van der Waals surface area contributed by atoms with E-state index in [1.807, 2.05) is 13.0 Å². The summed E-state index contributed by atoms with van der Waals surface area (Å²) in [5.74, 6) is 0.402. The fourth-order valence-electron chi connectivity index (χ4n) is 3.02. The van der Waals surface area contributed by atoms with Crippen LogP contribution in [0.5, 0.6) is 0 Å². The van der Waals surface area contributed by atoms with E-state index in [0.29, 0.717) is 11.4 Å². The van der Waals surface area contributed by atoms with Gasteiger partial charge in [0.15, 0.2) is 0 Å². The third kappa shape index (κ3) is 2.90. The third-order valence-corrected chi connectivity index (χ3v) is 4.24. The van der Waals surface area contributed by atoms with Crippen LogP contribution in [0.1, 0.15) is 55.8 Å². The minimum atomic E-state index is -0.706. The molecular formula is C15H24N2O2. The summed E-state index contributed by atoms with van der Waals surface area (Å²) < 4.78 is 5.74. The van der Waals surface area contributed by atoms with Gasteiger partial charge in [-0.2, -0.15) is 0 Å². The zero-order valence-corrected chi connectivity index (χ0v) is 11.9. The quantitative estimate of drug-likeness (QED) is 0.824. The van der Waals surface area contributed by atoms with Crippen LogP contribution in [0.25, 0.3) is 0 Å².